The highest BCUT2D eigenvalue weighted by Gasteiger charge is 1.96. The zero-order chi connectivity index (χ0) is 16.3. The van der Waals surface area contributed by atoms with Gasteiger partial charge >= 0.3 is 12.1 Å². The van der Waals surface area contributed by atoms with Crippen LogP contribution in [0.1, 0.15) is 17.3 Å². The summed E-state index contributed by atoms with van der Waals surface area (Å²) in [5.41, 5.74) is 0.331. The summed E-state index contributed by atoms with van der Waals surface area (Å²) in [5, 5.41) is 8.38. The lowest BCUT2D eigenvalue weighted by atomic mass is 10.2. The topological polar surface area (TPSA) is 103 Å². The van der Waals surface area contributed by atoms with Crippen LogP contribution < -0.4 is 0 Å². The van der Waals surface area contributed by atoms with E-state index in [2.05, 4.69) is 41.4 Å². The van der Waals surface area contributed by atoms with Crippen LogP contribution in [0.15, 0.2) is 30.3 Å². The largest absolute Gasteiger partial charge is 0.478 e. The van der Waals surface area contributed by atoms with E-state index < -0.39 is 5.97 Å². The molecule has 0 radical (unpaired) electrons. The van der Waals surface area contributed by atoms with Gasteiger partial charge in [0.1, 0.15) is 0 Å². The molecule has 1 aromatic rings. The predicted octanol–water partition coefficient (Wildman–Crippen LogP) is 0.626. The zero-order valence-electron chi connectivity index (χ0n) is 11.6. The molecule has 22 heavy (non-hydrogen) atoms. The van der Waals surface area contributed by atoms with Gasteiger partial charge in [0.25, 0.3) is 0 Å². The summed E-state index contributed by atoms with van der Waals surface area (Å²) in [6.07, 6.45) is 5.07. The Morgan fingerprint density at radius 1 is 1.00 bits per heavy atom. The number of hydrogen-bond acceptors (Lipinski definition) is 3. The van der Waals surface area contributed by atoms with Crippen molar-refractivity contribution in [1.82, 2.24) is 0 Å². The molecule has 0 spiro atoms. The molecule has 1 rings (SSSR count). The van der Waals surface area contributed by atoms with Gasteiger partial charge in [0.05, 0.1) is 5.56 Å². The molecule has 0 aromatic heterocycles. The maximum absolute atomic E-state index is 10.2. The Balaban J connectivity index is -0.000000268. The van der Waals surface area contributed by atoms with E-state index in [0.29, 0.717) is 5.56 Å². The van der Waals surface area contributed by atoms with Gasteiger partial charge in [-0.05, 0) is 54.6 Å². The van der Waals surface area contributed by atoms with E-state index in [1.165, 1.54) is 0 Å². The molecule has 0 saturated carbocycles. The smallest absolute Gasteiger partial charge is 0.373 e. The minimum absolute atomic E-state index is 0. The first-order valence-electron chi connectivity index (χ1n) is 5.29. The first-order chi connectivity index (χ1) is 10.1. The second kappa shape index (κ2) is 19.6. The molecule has 5 heteroatoms. The summed E-state index contributed by atoms with van der Waals surface area (Å²) in [6, 6.07) is 8.30. The van der Waals surface area contributed by atoms with Crippen molar-refractivity contribution >= 4 is 12.1 Å². The molecule has 0 atom stereocenters. The van der Waals surface area contributed by atoms with Gasteiger partial charge in [-0.2, -0.15) is 9.59 Å². The number of aromatic carboxylic acids is 1. The van der Waals surface area contributed by atoms with E-state index in [1.807, 2.05) is 0 Å². The van der Waals surface area contributed by atoms with Crippen LogP contribution in [0.3, 0.4) is 0 Å². The first kappa shape index (κ1) is 23.4. The van der Waals surface area contributed by atoms with E-state index in [1.54, 1.807) is 37.3 Å². The quantitative estimate of drug-likeness (QED) is 0.767. The van der Waals surface area contributed by atoms with Crippen LogP contribution >= 0.6 is 0 Å². The number of carboxylic acids is 1. The summed E-state index contributed by atoms with van der Waals surface area (Å²) in [6.45, 7) is 1.71. The molecule has 0 bridgehead atoms. The Hall–Kier alpha value is -3.73. The van der Waals surface area contributed by atoms with Crippen molar-refractivity contribution in [3.8, 4) is 47.9 Å². The Labute approximate surface area is 128 Å². The number of carbonyl (C=O) groups is 1. The zero-order valence-corrected chi connectivity index (χ0v) is 11.6. The van der Waals surface area contributed by atoms with Gasteiger partial charge in [-0.1, -0.05) is 24.1 Å². The fourth-order valence-corrected chi connectivity index (χ4v) is 0.773. The van der Waals surface area contributed by atoms with E-state index in [0.717, 1.165) is 0 Å². The van der Waals surface area contributed by atoms with Crippen LogP contribution in [-0.4, -0.2) is 22.7 Å². The molecule has 0 saturated heterocycles. The molecule has 0 heterocycles. The van der Waals surface area contributed by atoms with Crippen molar-refractivity contribution in [2.45, 2.75) is 6.92 Å². The van der Waals surface area contributed by atoms with Crippen molar-refractivity contribution in [3.05, 3.63) is 35.9 Å². The molecule has 3 N–H and O–H groups in total. The highest BCUT2D eigenvalue weighted by Crippen LogP contribution is 1.96. The summed E-state index contributed by atoms with van der Waals surface area (Å²) in [4.78, 5) is 26.5. The first-order valence-corrected chi connectivity index (χ1v) is 5.29. The average Bonchev–Trinajstić information content (AvgIpc) is 2.49. The van der Waals surface area contributed by atoms with Crippen LogP contribution in [0.5, 0.6) is 0 Å². The Morgan fingerprint density at radius 3 is 1.82 bits per heavy atom. The minimum Gasteiger partial charge on any atom is -0.478 e. The lowest BCUT2D eigenvalue weighted by Crippen LogP contribution is -1.93. The van der Waals surface area contributed by atoms with Gasteiger partial charge < -0.3 is 10.6 Å². The van der Waals surface area contributed by atoms with E-state index in [-0.39, 0.29) is 11.6 Å². The van der Waals surface area contributed by atoms with Gasteiger partial charge in [0.2, 0.25) is 0 Å². The monoisotopic (exact) mass is 296 g/mol. The van der Waals surface area contributed by atoms with Gasteiger partial charge in [0, 0.05) is 0 Å². The second-order valence-electron chi connectivity index (χ2n) is 2.77. The van der Waals surface area contributed by atoms with Gasteiger partial charge in [-0.15, -0.1) is 6.42 Å². The Kier molecular flexibility index (Phi) is 20.8. The van der Waals surface area contributed by atoms with Gasteiger partial charge in [0.15, 0.2) is 0 Å². The number of terminal acetylenes is 1. The molecular formula is C17H12O5. The SMILES string of the molecule is C#CC#CC#CC#CC.O.O=C(O)c1ccccc1.O=C=O. The number of benzene rings is 1. The number of carboxylic acid groups (broad SMARTS) is 1. The van der Waals surface area contributed by atoms with Crippen LogP contribution in [0, 0.1) is 47.9 Å². The number of carbonyl (C=O) groups excluding carboxylic acids is 2. The molecule has 0 unspecified atom stereocenters. The fraction of sp³-hybridized carbons (Fsp3) is 0.0588. The van der Waals surface area contributed by atoms with Gasteiger partial charge in [-0.3, -0.25) is 0 Å². The highest BCUT2D eigenvalue weighted by molar-refractivity contribution is 5.87. The van der Waals surface area contributed by atoms with Crippen LogP contribution in [0.4, 0.5) is 0 Å². The van der Waals surface area contributed by atoms with Crippen LogP contribution in [-0.2, 0) is 9.59 Å². The standard InChI is InChI=1S/C9H4.C7H6O2.CO2.H2O/c1-3-5-7-9-8-6-4-2;8-7(9)6-4-2-1-3-5-6;2-1-3;/h1H,2H3;1-5H,(H,8,9);;1H2. The maximum atomic E-state index is 10.2. The van der Waals surface area contributed by atoms with Crippen molar-refractivity contribution in [1.29, 1.82) is 0 Å². The third kappa shape index (κ3) is 18.6. The Bertz CT molecular complexity index is 686. The molecule has 0 aliphatic heterocycles. The predicted molar refractivity (Wildman–Crippen MR) is 79.9 cm³/mol. The lowest BCUT2D eigenvalue weighted by Gasteiger charge is -1.88. The van der Waals surface area contributed by atoms with Gasteiger partial charge in [-0.25, -0.2) is 4.79 Å². The molecule has 0 aliphatic rings. The molecule has 0 fully saturated rings. The van der Waals surface area contributed by atoms with Crippen molar-refractivity contribution < 1.29 is 25.0 Å². The molecule has 0 amide bonds. The molecule has 1 aromatic carbocycles. The molecule has 5 nitrogen and oxygen atoms in total. The summed E-state index contributed by atoms with van der Waals surface area (Å²) >= 11 is 0. The normalized spacial score (nSPS) is 5.45. The second-order valence-corrected chi connectivity index (χ2v) is 2.77. The number of hydrogen-bond donors (Lipinski definition) is 1. The lowest BCUT2D eigenvalue weighted by molar-refractivity contribution is -0.191. The summed E-state index contributed by atoms with van der Waals surface area (Å²) in [5.74, 6) is 16.1. The summed E-state index contributed by atoms with van der Waals surface area (Å²) < 4.78 is 0. The third-order valence-electron chi connectivity index (χ3n) is 1.47. The molecule has 110 valence electrons. The molecule has 0 aliphatic carbocycles. The fourth-order valence-electron chi connectivity index (χ4n) is 0.773. The average molecular weight is 296 g/mol. The molecular weight excluding hydrogens is 284 g/mol. The maximum Gasteiger partial charge on any atom is 0.373 e. The van der Waals surface area contributed by atoms with E-state index in [9.17, 15) is 4.79 Å². The van der Waals surface area contributed by atoms with Crippen LogP contribution in [0.2, 0.25) is 0 Å². The third-order valence-corrected chi connectivity index (χ3v) is 1.47. The van der Waals surface area contributed by atoms with Crippen LogP contribution in [0.25, 0.3) is 0 Å². The highest BCUT2D eigenvalue weighted by atomic mass is 16.4. The van der Waals surface area contributed by atoms with Crippen molar-refractivity contribution in [3.63, 3.8) is 0 Å². The Morgan fingerprint density at radius 2 is 1.45 bits per heavy atom. The van der Waals surface area contributed by atoms with Crippen molar-refractivity contribution in [2.24, 2.45) is 0 Å². The summed E-state index contributed by atoms with van der Waals surface area (Å²) in [7, 11) is 0. The van der Waals surface area contributed by atoms with E-state index >= 15 is 0 Å². The van der Waals surface area contributed by atoms with Crippen molar-refractivity contribution in [2.75, 3.05) is 0 Å². The van der Waals surface area contributed by atoms with E-state index in [4.69, 9.17) is 21.1 Å². The number of rotatable bonds is 1. The minimum atomic E-state index is -0.879.